The van der Waals surface area contributed by atoms with E-state index >= 15 is 0 Å². The van der Waals surface area contributed by atoms with Gasteiger partial charge in [-0.3, -0.25) is 0 Å². The van der Waals surface area contributed by atoms with Crippen LogP contribution in [0.1, 0.15) is 12.0 Å². The van der Waals surface area contributed by atoms with Crippen LogP contribution in [0.5, 0.6) is 0 Å². The van der Waals surface area contributed by atoms with E-state index in [4.69, 9.17) is 10.5 Å². The van der Waals surface area contributed by atoms with E-state index in [0.29, 0.717) is 19.7 Å². The van der Waals surface area contributed by atoms with E-state index in [2.05, 4.69) is 5.32 Å². The summed E-state index contributed by atoms with van der Waals surface area (Å²) in [4.78, 5) is 13.8. The Bertz CT molecular complexity index is 384. The first-order valence-electron chi connectivity index (χ1n) is 6.22. The average molecular weight is 249 g/mol. The smallest absolute Gasteiger partial charge is 0.321 e. The van der Waals surface area contributed by atoms with Crippen LogP contribution in [-0.4, -0.2) is 37.2 Å². The molecule has 1 aromatic carbocycles. The Morgan fingerprint density at radius 1 is 1.28 bits per heavy atom. The van der Waals surface area contributed by atoms with Gasteiger partial charge in [0.25, 0.3) is 0 Å². The predicted molar refractivity (Wildman–Crippen MR) is 70.4 cm³/mol. The highest BCUT2D eigenvalue weighted by molar-refractivity contribution is 5.89. The molecule has 1 fully saturated rings. The summed E-state index contributed by atoms with van der Waals surface area (Å²) in [7, 11) is 0. The maximum Gasteiger partial charge on any atom is 0.321 e. The van der Waals surface area contributed by atoms with Gasteiger partial charge in [-0.15, -0.1) is 0 Å². The average Bonchev–Trinajstić information content (AvgIpc) is 2.68. The molecule has 5 nitrogen and oxygen atoms in total. The van der Waals surface area contributed by atoms with Crippen LogP contribution >= 0.6 is 0 Å². The zero-order chi connectivity index (χ0) is 12.8. The van der Waals surface area contributed by atoms with Crippen molar-refractivity contribution >= 4 is 11.7 Å². The maximum atomic E-state index is 12.0. The summed E-state index contributed by atoms with van der Waals surface area (Å²) in [6, 6.07) is 7.51. The number of rotatable bonds is 2. The molecule has 2 amide bonds. The molecule has 0 aliphatic carbocycles. The number of nitrogens with one attached hydrogen (secondary N) is 1. The van der Waals surface area contributed by atoms with Crippen LogP contribution in [0.25, 0.3) is 0 Å². The van der Waals surface area contributed by atoms with Crippen LogP contribution in [0.3, 0.4) is 0 Å². The van der Waals surface area contributed by atoms with Gasteiger partial charge in [0, 0.05) is 31.9 Å². The van der Waals surface area contributed by atoms with Gasteiger partial charge >= 0.3 is 6.03 Å². The summed E-state index contributed by atoms with van der Waals surface area (Å²) in [6.45, 7) is 3.24. The molecule has 0 aromatic heterocycles. The Morgan fingerprint density at radius 2 is 2.06 bits per heavy atom. The van der Waals surface area contributed by atoms with Crippen LogP contribution in [0.15, 0.2) is 24.3 Å². The number of carbonyl (C=O) groups is 1. The van der Waals surface area contributed by atoms with Crippen molar-refractivity contribution in [1.82, 2.24) is 4.90 Å². The fraction of sp³-hybridized carbons (Fsp3) is 0.462. The van der Waals surface area contributed by atoms with Crippen molar-refractivity contribution in [3.05, 3.63) is 29.8 Å². The Labute approximate surface area is 107 Å². The SMILES string of the molecule is NCc1ccc(NC(=O)N2CCCOCC2)cc1. The topological polar surface area (TPSA) is 67.6 Å². The van der Waals surface area contributed by atoms with Crippen LogP contribution in [0.4, 0.5) is 10.5 Å². The van der Waals surface area contributed by atoms with Crippen molar-refractivity contribution in [3.8, 4) is 0 Å². The molecule has 0 bridgehead atoms. The molecular weight excluding hydrogens is 230 g/mol. The van der Waals surface area contributed by atoms with Crippen molar-refractivity contribution in [3.63, 3.8) is 0 Å². The third-order valence-corrected chi connectivity index (χ3v) is 2.95. The van der Waals surface area contributed by atoms with Gasteiger partial charge in [-0.05, 0) is 24.1 Å². The van der Waals surface area contributed by atoms with E-state index in [1.807, 2.05) is 24.3 Å². The number of benzene rings is 1. The zero-order valence-electron chi connectivity index (χ0n) is 10.4. The zero-order valence-corrected chi connectivity index (χ0v) is 10.4. The largest absolute Gasteiger partial charge is 0.380 e. The molecule has 3 N–H and O–H groups in total. The van der Waals surface area contributed by atoms with E-state index in [9.17, 15) is 4.79 Å². The lowest BCUT2D eigenvalue weighted by molar-refractivity contribution is 0.144. The second kappa shape index (κ2) is 6.37. The lowest BCUT2D eigenvalue weighted by Crippen LogP contribution is -2.36. The van der Waals surface area contributed by atoms with Crippen molar-refractivity contribution in [2.45, 2.75) is 13.0 Å². The monoisotopic (exact) mass is 249 g/mol. The van der Waals surface area contributed by atoms with Crippen molar-refractivity contribution < 1.29 is 9.53 Å². The molecule has 0 unspecified atom stereocenters. The number of nitrogens with zero attached hydrogens (tertiary/aromatic N) is 1. The van der Waals surface area contributed by atoms with E-state index in [0.717, 1.165) is 30.8 Å². The van der Waals surface area contributed by atoms with Gasteiger partial charge in [0.1, 0.15) is 0 Å². The second-order valence-electron chi connectivity index (χ2n) is 4.28. The van der Waals surface area contributed by atoms with E-state index in [1.54, 1.807) is 4.90 Å². The van der Waals surface area contributed by atoms with E-state index in [-0.39, 0.29) is 6.03 Å². The highest BCUT2D eigenvalue weighted by atomic mass is 16.5. The predicted octanol–water partition coefficient (Wildman–Crippen LogP) is 1.40. The molecule has 2 rings (SSSR count). The van der Waals surface area contributed by atoms with Gasteiger partial charge < -0.3 is 20.7 Å². The standard InChI is InChI=1S/C13H19N3O2/c14-10-11-2-4-12(5-3-11)15-13(17)16-6-1-8-18-9-7-16/h2-5H,1,6-10,14H2,(H,15,17). The molecule has 1 saturated heterocycles. The van der Waals surface area contributed by atoms with Crippen LogP contribution in [-0.2, 0) is 11.3 Å². The number of carbonyl (C=O) groups excluding carboxylic acids is 1. The van der Waals surface area contributed by atoms with Gasteiger partial charge in [0.15, 0.2) is 0 Å². The minimum atomic E-state index is -0.0685. The molecular formula is C13H19N3O2. The van der Waals surface area contributed by atoms with Crippen LogP contribution in [0.2, 0.25) is 0 Å². The molecule has 0 radical (unpaired) electrons. The Hall–Kier alpha value is -1.59. The summed E-state index contributed by atoms with van der Waals surface area (Å²) in [5, 5.41) is 2.88. The highest BCUT2D eigenvalue weighted by Crippen LogP contribution is 2.10. The lowest BCUT2D eigenvalue weighted by Gasteiger charge is -2.20. The fourth-order valence-electron chi connectivity index (χ4n) is 1.88. The minimum absolute atomic E-state index is 0.0685. The first-order chi connectivity index (χ1) is 8.79. The second-order valence-corrected chi connectivity index (χ2v) is 4.28. The molecule has 1 aliphatic heterocycles. The summed E-state index contributed by atoms with van der Waals surface area (Å²) >= 11 is 0. The van der Waals surface area contributed by atoms with E-state index < -0.39 is 0 Å². The van der Waals surface area contributed by atoms with Gasteiger partial charge in [-0.25, -0.2) is 4.79 Å². The Morgan fingerprint density at radius 3 is 2.78 bits per heavy atom. The maximum absolute atomic E-state index is 12.0. The number of hydrogen-bond acceptors (Lipinski definition) is 3. The number of amides is 2. The molecule has 98 valence electrons. The first-order valence-corrected chi connectivity index (χ1v) is 6.22. The van der Waals surface area contributed by atoms with Gasteiger partial charge in [0.2, 0.25) is 0 Å². The number of ether oxygens (including phenoxy) is 1. The van der Waals surface area contributed by atoms with Gasteiger partial charge in [0.05, 0.1) is 6.61 Å². The third-order valence-electron chi connectivity index (χ3n) is 2.95. The van der Waals surface area contributed by atoms with Crippen molar-refractivity contribution in [1.29, 1.82) is 0 Å². The van der Waals surface area contributed by atoms with E-state index in [1.165, 1.54) is 0 Å². The molecule has 18 heavy (non-hydrogen) atoms. The first kappa shape index (κ1) is 12.9. The minimum Gasteiger partial charge on any atom is -0.380 e. The number of hydrogen-bond donors (Lipinski definition) is 2. The van der Waals surface area contributed by atoms with Crippen molar-refractivity contribution in [2.75, 3.05) is 31.6 Å². The molecule has 0 atom stereocenters. The quantitative estimate of drug-likeness (QED) is 0.832. The highest BCUT2D eigenvalue weighted by Gasteiger charge is 2.15. The molecule has 0 spiro atoms. The molecule has 0 saturated carbocycles. The molecule has 1 heterocycles. The molecule has 1 aromatic rings. The summed E-state index contributed by atoms with van der Waals surface area (Å²) < 4.78 is 5.32. The van der Waals surface area contributed by atoms with Gasteiger partial charge in [-0.2, -0.15) is 0 Å². The van der Waals surface area contributed by atoms with Crippen molar-refractivity contribution in [2.24, 2.45) is 5.73 Å². The number of nitrogens with two attached hydrogens (primary N) is 1. The normalized spacial score (nSPS) is 16.2. The molecule has 5 heteroatoms. The molecule has 1 aliphatic rings. The number of anilines is 1. The Kier molecular flexibility index (Phi) is 4.55. The third kappa shape index (κ3) is 3.45. The summed E-state index contributed by atoms with van der Waals surface area (Å²) in [5.41, 5.74) is 7.37. The Balaban J connectivity index is 1.92. The van der Waals surface area contributed by atoms with Crippen LogP contribution in [0, 0.1) is 0 Å². The fourth-order valence-corrected chi connectivity index (χ4v) is 1.88. The number of urea groups is 1. The van der Waals surface area contributed by atoms with Crippen LogP contribution < -0.4 is 11.1 Å². The summed E-state index contributed by atoms with van der Waals surface area (Å²) in [6.07, 6.45) is 0.888. The van der Waals surface area contributed by atoms with Gasteiger partial charge in [-0.1, -0.05) is 12.1 Å². The lowest BCUT2D eigenvalue weighted by atomic mass is 10.2. The summed E-state index contributed by atoms with van der Waals surface area (Å²) in [5.74, 6) is 0.